The van der Waals surface area contributed by atoms with Crippen LogP contribution in [-0.4, -0.2) is 200 Å². The molecule has 0 amide bonds. The normalized spacial score (nSPS) is 49.9. The number of fused-ring (bicyclic) bond motifs is 5. The first-order valence-electron chi connectivity index (χ1n) is 23.7. The molecule has 4 saturated carbocycles. The first-order chi connectivity index (χ1) is 31.9. The van der Waals surface area contributed by atoms with Crippen LogP contribution in [0.4, 0.5) is 0 Å². The zero-order chi connectivity index (χ0) is 48.3. The Balaban J connectivity index is 0.916. The number of ketones is 1. The number of benzene rings is 1. The van der Waals surface area contributed by atoms with E-state index in [2.05, 4.69) is 6.92 Å². The number of hydrogen-bond donors (Lipinski definition) is 10. The van der Waals surface area contributed by atoms with Crippen molar-refractivity contribution in [3.63, 3.8) is 0 Å². The SMILES string of the molecule is CO[C@@H]1[C@@H](O)[C@H](O[C@H]2CC[C@@]3(C)[C@@H](CC[C@@H]4[C@@H]3CC[C@]3(C)[C@@H](C(C)=O)C[C@H](OC(=O)c5ccccc5)[C@]43O)C2)O[C@H](CO)[C@@H]1O[C@@H]1O[C@H](CO)[C@@H](O[C@@H]2O[C@H](CO)[C@@H](O)[C@H](O)[C@H]2O)[C@H](O)[C@H]1O. The molecule has 0 aromatic heterocycles. The molecule has 3 saturated heterocycles. The van der Waals surface area contributed by atoms with E-state index in [4.69, 9.17) is 37.9 Å². The Labute approximate surface area is 389 Å². The highest BCUT2D eigenvalue weighted by Crippen LogP contribution is 2.69. The second kappa shape index (κ2) is 20.1. The van der Waals surface area contributed by atoms with Crippen molar-refractivity contribution in [3.05, 3.63) is 35.9 Å². The van der Waals surface area contributed by atoms with Crippen molar-refractivity contribution >= 4 is 11.8 Å². The monoisotopic (exact) mass is 954 g/mol. The minimum Gasteiger partial charge on any atom is -0.456 e. The van der Waals surface area contributed by atoms with Gasteiger partial charge in [0.05, 0.1) is 31.5 Å². The van der Waals surface area contributed by atoms with Gasteiger partial charge in [-0.15, -0.1) is 0 Å². The summed E-state index contributed by atoms with van der Waals surface area (Å²) in [6.07, 6.45) is -19.7. The van der Waals surface area contributed by atoms with Crippen LogP contribution in [0.1, 0.15) is 82.5 Å². The lowest BCUT2D eigenvalue weighted by Gasteiger charge is -2.64. The maximum Gasteiger partial charge on any atom is 0.338 e. The Hall–Kier alpha value is -2.32. The van der Waals surface area contributed by atoms with E-state index >= 15 is 0 Å². The molecule has 1 aromatic rings. The van der Waals surface area contributed by atoms with Crippen molar-refractivity contribution in [3.8, 4) is 0 Å². The van der Waals surface area contributed by atoms with Gasteiger partial charge in [-0.05, 0) is 93.6 Å². The number of esters is 1. The van der Waals surface area contributed by atoms with Crippen LogP contribution in [0.3, 0.4) is 0 Å². The second-order valence-corrected chi connectivity index (χ2v) is 20.5. The minimum absolute atomic E-state index is 0.0234. The summed E-state index contributed by atoms with van der Waals surface area (Å²) in [6.45, 7) is 3.60. The fourth-order valence-electron chi connectivity index (χ4n) is 13.5. The third-order valence-electron chi connectivity index (χ3n) is 17.2. The van der Waals surface area contributed by atoms with E-state index in [1.54, 1.807) is 31.2 Å². The third-order valence-corrected chi connectivity index (χ3v) is 17.2. The van der Waals surface area contributed by atoms with E-state index in [0.29, 0.717) is 31.2 Å². The van der Waals surface area contributed by atoms with E-state index < -0.39 is 141 Å². The van der Waals surface area contributed by atoms with Gasteiger partial charge in [0.2, 0.25) is 0 Å². The van der Waals surface area contributed by atoms with E-state index in [1.807, 2.05) is 13.0 Å². The topological polar surface area (TPSA) is 310 Å². The molecule has 10 N–H and O–H groups in total. The third kappa shape index (κ3) is 8.83. The molecule has 24 atom stereocenters. The number of rotatable bonds is 13. The lowest BCUT2D eigenvalue weighted by atomic mass is 9.43. The van der Waals surface area contributed by atoms with Crippen molar-refractivity contribution in [2.75, 3.05) is 26.9 Å². The number of aliphatic hydroxyl groups excluding tert-OH is 9. The number of aliphatic hydroxyl groups is 10. The highest BCUT2D eigenvalue weighted by atomic mass is 16.8. The van der Waals surface area contributed by atoms with Crippen molar-refractivity contribution in [2.45, 2.75) is 182 Å². The van der Waals surface area contributed by atoms with Crippen LogP contribution in [0.25, 0.3) is 0 Å². The van der Waals surface area contributed by atoms with Crippen molar-refractivity contribution in [2.24, 2.45) is 34.5 Å². The van der Waals surface area contributed by atoms with E-state index in [-0.39, 0.29) is 41.5 Å². The minimum atomic E-state index is -1.90. The summed E-state index contributed by atoms with van der Waals surface area (Å²) >= 11 is 0. The van der Waals surface area contributed by atoms with Crippen molar-refractivity contribution in [1.82, 2.24) is 0 Å². The molecule has 7 fully saturated rings. The lowest BCUT2D eigenvalue weighted by molar-refractivity contribution is -0.382. The van der Waals surface area contributed by atoms with Crippen LogP contribution in [0.5, 0.6) is 0 Å². The summed E-state index contributed by atoms with van der Waals surface area (Å²) in [5.41, 5.74) is -2.06. The number of methoxy groups -OCH3 is 1. The molecule has 1 aromatic carbocycles. The molecule has 3 heterocycles. The Bertz CT molecular complexity index is 1860. The summed E-state index contributed by atoms with van der Waals surface area (Å²) in [7, 11) is 1.30. The van der Waals surface area contributed by atoms with Crippen LogP contribution >= 0.6 is 0 Å². The molecule has 0 radical (unpaired) electrons. The van der Waals surface area contributed by atoms with Crippen LogP contribution in [0.15, 0.2) is 30.3 Å². The van der Waals surface area contributed by atoms with Gasteiger partial charge in [-0.25, -0.2) is 4.79 Å². The molecule has 378 valence electrons. The molecule has 20 heteroatoms. The number of Topliss-reactive ketones (excluding diaryl/α,β-unsaturated/α-hetero) is 1. The van der Waals surface area contributed by atoms with Crippen molar-refractivity contribution < 1.29 is 98.5 Å². The first-order valence-corrected chi connectivity index (χ1v) is 23.7. The molecule has 67 heavy (non-hydrogen) atoms. The number of ether oxygens (including phenoxy) is 8. The summed E-state index contributed by atoms with van der Waals surface area (Å²) in [4.78, 5) is 26.6. The van der Waals surface area contributed by atoms with Gasteiger partial charge in [0, 0.05) is 18.4 Å². The lowest BCUT2D eigenvalue weighted by Crippen LogP contribution is -2.67. The summed E-state index contributed by atoms with van der Waals surface area (Å²) in [5, 5.41) is 108. The zero-order valence-electron chi connectivity index (χ0n) is 38.3. The molecule has 3 aliphatic heterocycles. The van der Waals surface area contributed by atoms with Gasteiger partial charge in [-0.3, -0.25) is 4.79 Å². The van der Waals surface area contributed by atoms with Gasteiger partial charge >= 0.3 is 5.97 Å². The van der Waals surface area contributed by atoms with Crippen LogP contribution in [0.2, 0.25) is 0 Å². The molecule has 0 spiro atoms. The van der Waals surface area contributed by atoms with E-state index in [1.165, 1.54) is 7.11 Å². The average Bonchev–Trinajstić information content (AvgIpc) is 3.55. The molecule has 20 nitrogen and oxygen atoms in total. The molecule has 7 aliphatic rings. The second-order valence-electron chi connectivity index (χ2n) is 20.5. The van der Waals surface area contributed by atoms with Gasteiger partial charge in [0.1, 0.15) is 90.7 Å². The predicted molar refractivity (Wildman–Crippen MR) is 227 cm³/mol. The maximum atomic E-state index is 13.5. The fraction of sp³-hybridized carbons (Fsp3) is 0.830. The highest BCUT2D eigenvalue weighted by molar-refractivity contribution is 5.89. The van der Waals surface area contributed by atoms with Gasteiger partial charge in [-0.2, -0.15) is 0 Å². The van der Waals surface area contributed by atoms with Gasteiger partial charge in [-0.1, -0.05) is 32.0 Å². The summed E-state index contributed by atoms with van der Waals surface area (Å²) < 4.78 is 47.4. The summed E-state index contributed by atoms with van der Waals surface area (Å²) in [6, 6.07) is 8.66. The molecule has 0 bridgehead atoms. The largest absolute Gasteiger partial charge is 0.456 e. The smallest absolute Gasteiger partial charge is 0.338 e. The molecule has 8 rings (SSSR count). The molecule has 4 aliphatic carbocycles. The van der Waals surface area contributed by atoms with Crippen molar-refractivity contribution in [1.29, 1.82) is 0 Å². The van der Waals surface area contributed by atoms with Gasteiger partial charge in [0.25, 0.3) is 0 Å². The van der Waals surface area contributed by atoms with E-state index in [0.717, 1.165) is 19.3 Å². The fourth-order valence-corrected chi connectivity index (χ4v) is 13.5. The average molecular weight is 955 g/mol. The highest BCUT2D eigenvalue weighted by Gasteiger charge is 2.73. The van der Waals surface area contributed by atoms with Crippen LogP contribution in [0, 0.1) is 34.5 Å². The Morgan fingerprint density at radius 1 is 0.657 bits per heavy atom. The molecular formula is C47H70O20. The predicted octanol–water partition coefficient (Wildman–Crippen LogP) is -1.33. The Morgan fingerprint density at radius 3 is 1.88 bits per heavy atom. The van der Waals surface area contributed by atoms with Gasteiger partial charge < -0.3 is 89.0 Å². The van der Waals surface area contributed by atoms with Crippen LogP contribution < -0.4 is 0 Å². The standard InChI is InChI=1S/C47H70O20/c1-21(51)27-17-31(65-41(58)22-8-6-5-7-9-22)47(59)26-11-10-23-16-24(12-14-45(23,2)25(26)13-15-46(27,47)3)61-44-37(57)40(60-4)39(30(20-50)64-44)67-43-36(56)34(54)38(29(19-49)63-43)66-42-35(55)33(53)32(52)28(18-48)62-42/h5-9,23-40,42-44,48-50,52-57,59H,10-20H2,1-4H3/t23-,24-,25-,26+,27+,28+,29+,30+,31-,32+,33-,34+,35+,36+,37+,38+,39-,40+,42-,43-,44+,45-,46+,47+/m0/s1. The quantitative estimate of drug-likeness (QED) is 0.0809. The maximum absolute atomic E-state index is 13.5. The first kappa shape index (κ1) is 51.0. The Morgan fingerprint density at radius 2 is 1.25 bits per heavy atom. The number of hydrogen-bond acceptors (Lipinski definition) is 20. The summed E-state index contributed by atoms with van der Waals surface area (Å²) in [5.74, 6) is -1.02. The molecule has 0 unspecified atom stereocenters. The zero-order valence-corrected chi connectivity index (χ0v) is 38.3. The molecular weight excluding hydrogens is 884 g/mol. The van der Waals surface area contributed by atoms with Gasteiger partial charge in [0.15, 0.2) is 18.9 Å². The Kier molecular flexibility index (Phi) is 15.3. The van der Waals surface area contributed by atoms with Crippen LogP contribution in [-0.2, 0) is 42.7 Å². The van der Waals surface area contributed by atoms with E-state index in [9.17, 15) is 60.7 Å². The number of carbonyl (C=O) groups excluding carboxylic acids is 2. The number of carbonyl (C=O) groups is 2.